The average molecular weight is 441 g/mol. The Balaban J connectivity index is 0.00000288. The Bertz CT molecular complexity index is 648. The molecule has 0 aromatic heterocycles. The van der Waals surface area contributed by atoms with Crippen molar-refractivity contribution in [2.45, 2.75) is 13.5 Å². The van der Waals surface area contributed by atoms with Gasteiger partial charge in [-0.1, -0.05) is 30.3 Å². The highest BCUT2D eigenvalue weighted by Crippen LogP contribution is 2.29. The number of guanidine groups is 1. The number of benzene rings is 2. The van der Waals surface area contributed by atoms with E-state index in [9.17, 15) is 0 Å². The van der Waals surface area contributed by atoms with Crippen molar-refractivity contribution in [2.75, 3.05) is 26.1 Å². The molecule has 0 heterocycles. The van der Waals surface area contributed by atoms with Crippen molar-refractivity contribution in [3.63, 3.8) is 0 Å². The quantitative estimate of drug-likeness (QED) is 0.406. The van der Waals surface area contributed by atoms with Crippen LogP contribution in [0.4, 0.5) is 5.69 Å². The predicted octanol–water partition coefficient (Wildman–Crippen LogP) is 3.90. The van der Waals surface area contributed by atoms with Crippen molar-refractivity contribution in [3.8, 4) is 11.5 Å². The molecule has 24 heavy (non-hydrogen) atoms. The third kappa shape index (κ3) is 5.92. The number of aliphatic imine (C=N–C) groups is 1. The lowest BCUT2D eigenvalue weighted by Crippen LogP contribution is -2.30. The topological polar surface area (TPSA) is 54.9 Å². The van der Waals surface area contributed by atoms with E-state index in [1.54, 1.807) is 14.2 Å². The van der Waals surface area contributed by atoms with Crippen LogP contribution in [0.5, 0.6) is 11.5 Å². The van der Waals surface area contributed by atoms with Crippen LogP contribution < -0.4 is 20.1 Å². The first kappa shape index (κ1) is 20.1. The molecule has 0 spiro atoms. The fourth-order valence-corrected chi connectivity index (χ4v) is 2.11. The average Bonchev–Trinajstić information content (AvgIpc) is 2.60. The number of nitrogens with one attached hydrogen (secondary N) is 2. The molecule has 0 fully saturated rings. The van der Waals surface area contributed by atoms with Gasteiger partial charge in [-0.05, 0) is 24.6 Å². The van der Waals surface area contributed by atoms with E-state index in [0.29, 0.717) is 18.0 Å². The Morgan fingerprint density at radius 3 is 2.33 bits per heavy atom. The molecule has 6 heteroatoms. The van der Waals surface area contributed by atoms with Crippen molar-refractivity contribution < 1.29 is 9.47 Å². The van der Waals surface area contributed by atoms with Crippen molar-refractivity contribution in [3.05, 3.63) is 54.1 Å². The van der Waals surface area contributed by atoms with Crippen LogP contribution in [0.2, 0.25) is 0 Å². The molecular formula is C18H24IN3O2. The van der Waals surface area contributed by atoms with Gasteiger partial charge in [-0.2, -0.15) is 0 Å². The minimum absolute atomic E-state index is 0. The fourth-order valence-electron chi connectivity index (χ4n) is 2.11. The number of methoxy groups -OCH3 is 2. The Hall–Kier alpha value is -1.96. The molecule has 130 valence electrons. The Morgan fingerprint density at radius 2 is 1.71 bits per heavy atom. The van der Waals surface area contributed by atoms with Crippen LogP contribution >= 0.6 is 24.0 Å². The maximum atomic E-state index is 5.32. The van der Waals surface area contributed by atoms with Gasteiger partial charge in [-0.3, -0.25) is 0 Å². The molecule has 0 amide bonds. The zero-order chi connectivity index (χ0) is 16.5. The van der Waals surface area contributed by atoms with Crippen LogP contribution in [0.15, 0.2) is 53.5 Å². The second-order valence-corrected chi connectivity index (χ2v) is 4.88. The summed E-state index contributed by atoms with van der Waals surface area (Å²) in [7, 11) is 3.24. The molecule has 0 radical (unpaired) electrons. The smallest absolute Gasteiger partial charge is 0.196 e. The Morgan fingerprint density at radius 1 is 1.00 bits per heavy atom. The molecule has 0 atom stereocenters. The highest BCUT2D eigenvalue weighted by molar-refractivity contribution is 14.0. The summed E-state index contributed by atoms with van der Waals surface area (Å²) in [5, 5.41) is 6.51. The standard InChI is InChI=1S/C18H23N3O2.HI/c1-4-19-18(20-13-14-8-6-5-7-9-14)21-15-10-11-16(22-2)17(12-15)23-3;/h5-12H,4,13H2,1-3H3,(H2,19,20,21);1H. The first-order valence-corrected chi connectivity index (χ1v) is 7.58. The first-order chi connectivity index (χ1) is 11.3. The predicted molar refractivity (Wildman–Crippen MR) is 110 cm³/mol. The number of hydrogen-bond acceptors (Lipinski definition) is 3. The first-order valence-electron chi connectivity index (χ1n) is 7.58. The molecule has 2 aromatic carbocycles. The summed E-state index contributed by atoms with van der Waals surface area (Å²) in [5.41, 5.74) is 2.05. The summed E-state index contributed by atoms with van der Waals surface area (Å²) in [6.07, 6.45) is 0. The van der Waals surface area contributed by atoms with E-state index in [0.717, 1.165) is 23.8 Å². The van der Waals surface area contributed by atoms with Gasteiger partial charge >= 0.3 is 0 Å². The summed E-state index contributed by atoms with van der Waals surface area (Å²) in [6, 6.07) is 15.8. The summed E-state index contributed by atoms with van der Waals surface area (Å²) < 4.78 is 10.6. The molecule has 0 aliphatic rings. The minimum Gasteiger partial charge on any atom is -0.493 e. The largest absolute Gasteiger partial charge is 0.493 e. The van der Waals surface area contributed by atoms with Crippen molar-refractivity contribution in [1.82, 2.24) is 5.32 Å². The number of ether oxygens (including phenoxy) is 2. The van der Waals surface area contributed by atoms with Crippen molar-refractivity contribution >= 4 is 35.6 Å². The van der Waals surface area contributed by atoms with Crippen molar-refractivity contribution in [1.29, 1.82) is 0 Å². The molecule has 5 nitrogen and oxygen atoms in total. The van der Waals surface area contributed by atoms with Gasteiger partial charge in [0.25, 0.3) is 0 Å². The lowest BCUT2D eigenvalue weighted by atomic mass is 10.2. The highest BCUT2D eigenvalue weighted by Gasteiger charge is 2.06. The molecule has 0 aliphatic carbocycles. The number of halogens is 1. The van der Waals surface area contributed by atoms with Gasteiger partial charge in [0.1, 0.15) is 0 Å². The lowest BCUT2D eigenvalue weighted by molar-refractivity contribution is 0.355. The van der Waals surface area contributed by atoms with E-state index in [1.807, 2.05) is 43.3 Å². The molecule has 2 N–H and O–H groups in total. The molecule has 0 unspecified atom stereocenters. The summed E-state index contributed by atoms with van der Waals surface area (Å²) >= 11 is 0. The number of rotatable bonds is 6. The lowest BCUT2D eigenvalue weighted by Gasteiger charge is -2.13. The van der Waals surface area contributed by atoms with Gasteiger partial charge in [-0.15, -0.1) is 24.0 Å². The normalized spacial score (nSPS) is 10.5. The minimum atomic E-state index is 0. The molecule has 2 rings (SSSR count). The van der Waals surface area contributed by atoms with E-state index in [-0.39, 0.29) is 24.0 Å². The highest BCUT2D eigenvalue weighted by atomic mass is 127. The SMILES string of the molecule is CCNC(=NCc1ccccc1)Nc1ccc(OC)c(OC)c1.I. The van der Waals surface area contributed by atoms with Crippen LogP contribution in [0, 0.1) is 0 Å². The van der Waals surface area contributed by atoms with Gasteiger partial charge < -0.3 is 20.1 Å². The van der Waals surface area contributed by atoms with Gasteiger partial charge in [0.15, 0.2) is 17.5 Å². The second-order valence-electron chi connectivity index (χ2n) is 4.88. The maximum Gasteiger partial charge on any atom is 0.196 e. The van der Waals surface area contributed by atoms with Crippen LogP contribution in [-0.4, -0.2) is 26.7 Å². The molecule has 0 saturated carbocycles. The zero-order valence-corrected chi connectivity index (χ0v) is 16.5. The third-order valence-corrected chi connectivity index (χ3v) is 3.25. The number of anilines is 1. The summed E-state index contributed by atoms with van der Waals surface area (Å²) in [5.74, 6) is 2.10. The van der Waals surface area contributed by atoms with E-state index >= 15 is 0 Å². The number of hydrogen-bond donors (Lipinski definition) is 2. The summed E-state index contributed by atoms with van der Waals surface area (Å²) in [4.78, 5) is 4.60. The van der Waals surface area contributed by atoms with Crippen LogP contribution in [-0.2, 0) is 6.54 Å². The number of nitrogens with zero attached hydrogens (tertiary/aromatic N) is 1. The van der Waals surface area contributed by atoms with E-state index < -0.39 is 0 Å². The molecule has 2 aromatic rings. The Kier molecular flexibility index (Phi) is 8.99. The maximum absolute atomic E-state index is 5.32. The van der Waals surface area contributed by atoms with Gasteiger partial charge in [0.05, 0.1) is 20.8 Å². The second kappa shape index (κ2) is 10.7. The fraction of sp³-hybridized carbons (Fsp3) is 0.278. The monoisotopic (exact) mass is 441 g/mol. The third-order valence-electron chi connectivity index (χ3n) is 3.25. The molecule has 0 bridgehead atoms. The van der Waals surface area contributed by atoms with E-state index in [4.69, 9.17) is 9.47 Å². The van der Waals surface area contributed by atoms with Crippen molar-refractivity contribution in [2.24, 2.45) is 4.99 Å². The summed E-state index contributed by atoms with van der Waals surface area (Å²) in [6.45, 7) is 3.44. The van der Waals surface area contributed by atoms with Gasteiger partial charge in [0.2, 0.25) is 0 Å². The van der Waals surface area contributed by atoms with Gasteiger partial charge in [0, 0.05) is 18.3 Å². The molecule has 0 aliphatic heterocycles. The van der Waals surface area contributed by atoms with E-state index in [2.05, 4.69) is 27.8 Å². The van der Waals surface area contributed by atoms with Crippen LogP contribution in [0.25, 0.3) is 0 Å². The molecule has 0 saturated heterocycles. The zero-order valence-electron chi connectivity index (χ0n) is 14.2. The van der Waals surface area contributed by atoms with E-state index in [1.165, 1.54) is 0 Å². The van der Waals surface area contributed by atoms with Crippen LogP contribution in [0.3, 0.4) is 0 Å². The van der Waals surface area contributed by atoms with Crippen LogP contribution in [0.1, 0.15) is 12.5 Å². The molecular weight excluding hydrogens is 417 g/mol. The Labute approximate surface area is 160 Å². The van der Waals surface area contributed by atoms with Gasteiger partial charge in [-0.25, -0.2) is 4.99 Å².